The zero-order chi connectivity index (χ0) is 27.5. The summed E-state index contributed by atoms with van der Waals surface area (Å²) >= 11 is 0. The number of ether oxygens (including phenoxy) is 4. The van der Waals surface area contributed by atoms with E-state index in [4.69, 9.17) is 18.9 Å². The number of hydrogen-bond acceptors (Lipinski definition) is 9. The van der Waals surface area contributed by atoms with Crippen molar-refractivity contribution in [1.29, 1.82) is 0 Å². The number of morpholine rings is 1. The Kier molecular flexibility index (Phi) is 11.8. The summed E-state index contributed by atoms with van der Waals surface area (Å²) < 4.78 is 23.0. The Morgan fingerprint density at radius 1 is 1.13 bits per heavy atom. The first kappa shape index (κ1) is 29.8. The van der Waals surface area contributed by atoms with Crippen LogP contribution >= 0.6 is 0 Å². The van der Waals surface area contributed by atoms with Gasteiger partial charge in [-0.3, -0.25) is 28.8 Å². The normalized spacial score (nSPS) is 23.0. The first-order valence-corrected chi connectivity index (χ1v) is 13.5. The van der Waals surface area contributed by atoms with Gasteiger partial charge in [-0.25, -0.2) is 4.79 Å². The van der Waals surface area contributed by atoms with E-state index in [2.05, 4.69) is 22.0 Å². The maximum Gasteiger partial charge on any atom is 0.330 e. The Labute approximate surface area is 223 Å². The van der Waals surface area contributed by atoms with Crippen LogP contribution in [0.4, 0.5) is 0 Å². The van der Waals surface area contributed by atoms with Crippen LogP contribution in [0.3, 0.4) is 0 Å². The van der Waals surface area contributed by atoms with Crippen molar-refractivity contribution in [3.63, 3.8) is 0 Å². The predicted octanol–water partition coefficient (Wildman–Crippen LogP) is 2.26. The number of hydrogen-bond donors (Lipinski definition) is 1. The number of unbranched alkanes of at least 4 members (excludes halogenated alkanes) is 3. The number of esters is 2. The molecule has 0 aromatic carbocycles. The Hall–Kier alpha value is -2.76. The minimum atomic E-state index is -0.764. The van der Waals surface area contributed by atoms with Gasteiger partial charge in [0.25, 0.3) is 5.56 Å². The molecule has 2 saturated heterocycles. The molecule has 38 heavy (non-hydrogen) atoms. The quantitative estimate of drug-likeness (QED) is 0.230. The number of nitrogens with one attached hydrogen (secondary N) is 1. The van der Waals surface area contributed by atoms with Crippen molar-refractivity contribution in [3.8, 4) is 0 Å². The van der Waals surface area contributed by atoms with Crippen LogP contribution in [0.25, 0.3) is 0 Å². The Bertz CT molecular complexity index is 1060. The standard InChI is InChI=1S/C27H41N3O8/c1-19(10-8-6-4-5-7-9-11-29-12-14-35-15-13-29)22-17-30(27(34)28-26(22)33)25-16-23(37-21(3)32)24(38-25)18-36-20(2)31/h7,9,17,19,23-25H,4-6,8,10-16,18H2,1-3H3,(H,28,33,34)/b9-7+/t19?,23-,24+,25+/m0/s1. The van der Waals surface area contributed by atoms with Crippen LogP contribution in [0, 0.1) is 0 Å². The third-order valence-electron chi connectivity index (χ3n) is 6.93. The molecule has 1 aromatic rings. The molecule has 11 heteroatoms. The fourth-order valence-corrected chi connectivity index (χ4v) is 4.79. The van der Waals surface area contributed by atoms with Crippen LogP contribution in [-0.4, -0.2) is 78.1 Å². The first-order valence-electron chi connectivity index (χ1n) is 13.5. The van der Waals surface area contributed by atoms with E-state index in [0.717, 1.165) is 65.0 Å². The van der Waals surface area contributed by atoms with E-state index in [-0.39, 0.29) is 18.9 Å². The van der Waals surface area contributed by atoms with Crippen molar-refractivity contribution < 1.29 is 28.5 Å². The van der Waals surface area contributed by atoms with E-state index in [1.807, 2.05) is 6.92 Å². The number of allylic oxidation sites excluding steroid dienone is 1. The van der Waals surface area contributed by atoms with Gasteiger partial charge >= 0.3 is 17.6 Å². The minimum absolute atomic E-state index is 0.0509. The molecule has 4 atom stereocenters. The van der Waals surface area contributed by atoms with E-state index in [0.29, 0.717) is 5.56 Å². The largest absolute Gasteiger partial charge is 0.463 e. The lowest BCUT2D eigenvalue weighted by molar-refractivity contribution is -0.155. The van der Waals surface area contributed by atoms with Crippen molar-refractivity contribution in [3.05, 3.63) is 44.8 Å². The summed E-state index contributed by atoms with van der Waals surface area (Å²) in [6.07, 6.45) is 9.00. The van der Waals surface area contributed by atoms with E-state index < -0.39 is 41.6 Å². The predicted molar refractivity (Wildman–Crippen MR) is 140 cm³/mol. The van der Waals surface area contributed by atoms with Gasteiger partial charge in [-0.2, -0.15) is 0 Å². The summed E-state index contributed by atoms with van der Waals surface area (Å²) in [5.74, 6) is -1.03. The van der Waals surface area contributed by atoms with Crippen molar-refractivity contribution in [2.75, 3.05) is 39.5 Å². The monoisotopic (exact) mass is 535 g/mol. The van der Waals surface area contributed by atoms with E-state index in [1.54, 1.807) is 6.20 Å². The second-order valence-electron chi connectivity index (χ2n) is 9.99. The highest BCUT2D eigenvalue weighted by atomic mass is 16.6. The maximum atomic E-state index is 12.6. The van der Waals surface area contributed by atoms with Crippen LogP contribution in [0.5, 0.6) is 0 Å². The highest BCUT2D eigenvalue weighted by molar-refractivity contribution is 5.66. The molecule has 11 nitrogen and oxygen atoms in total. The van der Waals surface area contributed by atoms with Gasteiger partial charge in [-0.15, -0.1) is 0 Å². The zero-order valence-electron chi connectivity index (χ0n) is 22.7. The van der Waals surface area contributed by atoms with Crippen LogP contribution in [0.15, 0.2) is 27.9 Å². The molecule has 0 saturated carbocycles. The van der Waals surface area contributed by atoms with Gasteiger partial charge in [0, 0.05) is 51.7 Å². The summed E-state index contributed by atoms with van der Waals surface area (Å²) in [6.45, 7) is 9.00. The van der Waals surface area contributed by atoms with E-state index in [1.165, 1.54) is 18.4 Å². The molecule has 2 fully saturated rings. The lowest BCUT2D eigenvalue weighted by atomic mass is 9.96. The van der Waals surface area contributed by atoms with Gasteiger partial charge in [0.2, 0.25) is 0 Å². The molecule has 2 aliphatic rings. The highest BCUT2D eigenvalue weighted by Crippen LogP contribution is 2.31. The van der Waals surface area contributed by atoms with Gasteiger partial charge in [-0.1, -0.05) is 31.9 Å². The molecule has 0 radical (unpaired) electrons. The van der Waals surface area contributed by atoms with E-state index >= 15 is 0 Å². The topological polar surface area (TPSA) is 129 Å². The van der Waals surface area contributed by atoms with Gasteiger partial charge in [0.15, 0.2) is 0 Å². The van der Waals surface area contributed by atoms with Gasteiger partial charge in [0.1, 0.15) is 25.0 Å². The Morgan fingerprint density at radius 2 is 1.89 bits per heavy atom. The summed E-state index contributed by atoms with van der Waals surface area (Å²) in [6, 6.07) is 0. The number of carbonyl (C=O) groups excluding carboxylic acids is 2. The van der Waals surface area contributed by atoms with Crippen molar-refractivity contribution in [2.45, 2.75) is 83.6 Å². The molecule has 0 aliphatic carbocycles. The molecule has 0 bridgehead atoms. The first-order chi connectivity index (χ1) is 18.2. The third-order valence-corrected chi connectivity index (χ3v) is 6.93. The average Bonchev–Trinajstić information content (AvgIpc) is 3.26. The molecule has 2 aliphatic heterocycles. The van der Waals surface area contributed by atoms with E-state index in [9.17, 15) is 19.2 Å². The second-order valence-corrected chi connectivity index (χ2v) is 9.99. The number of aromatic nitrogens is 2. The number of carbonyl (C=O) groups is 2. The summed E-state index contributed by atoms with van der Waals surface area (Å²) in [5.41, 5.74) is -0.503. The lowest BCUT2D eigenvalue weighted by Gasteiger charge is -2.25. The smallest absolute Gasteiger partial charge is 0.330 e. The Morgan fingerprint density at radius 3 is 2.61 bits per heavy atom. The molecule has 1 N–H and O–H groups in total. The van der Waals surface area contributed by atoms with Crippen molar-refractivity contribution in [2.24, 2.45) is 0 Å². The highest BCUT2D eigenvalue weighted by Gasteiger charge is 2.40. The molecular formula is C27H41N3O8. The number of aromatic amines is 1. The van der Waals surface area contributed by atoms with Crippen LogP contribution in [0.2, 0.25) is 0 Å². The number of rotatable bonds is 13. The fourth-order valence-electron chi connectivity index (χ4n) is 4.79. The van der Waals surface area contributed by atoms with Gasteiger partial charge < -0.3 is 18.9 Å². The van der Waals surface area contributed by atoms with Crippen LogP contribution in [0.1, 0.15) is 77.0 Å². The zero-order valence-corrected chi connectivity index (χ0v) is 22.7. The third kappa shape index (κ3) is 9.21. The molecule has 3 heterocycles. The summed E-state index contributed by atoms with van der Waals surface area (Å²) in [5, 5.41) is 0. The van der Waals surface area contributed by atoms with Crippen LogP contribution < -0.4 is 11.2 Å². The molecule has 212 valence electrons. The fraction of sp³-hybridized carbons (Fsp3) is 0.704. The van der Waals surface area contributed by atoms with Crippen LogP contribution in [-0.2, 0) is 28.5 Å². The second kappa shape index (κ2) is 15.0. The number of nitrogens with zero attached hydrogens (tertiary/aromatic N) is 2. The van der Waals surface area contributed by atoms with Crippen molar-refractivity contribution >= 4 is 11.9 Å². The van der Waals surface area contributed by atoms with Gasteiger partial charge in [-0.05, 0) is 25.2 Å². The molecule has 1 aromatic heterocycles. The maximum absolute atomic E-state index is 12.6. The molecule has 0 amide bonds. The SMILES string of the molecule is CC(=O)OC[C@H]1O[C@@H](n2cc(C(C)CCCCC/C=C/CN3CCOCC3)c(=O)[nH]c2=O)C[C@@H]1OC(C)=O. The average molecular weight is 536 g/mol. The lowest BCUT2D eigenvalue weighted by Crippen LogP contribution is -2.36. The van der Waals surface area contributed by atoms with Crippen molar-refractivity contribution in [1.82, 2.24) is 14.5 Å². The molecule has 1 unspecified atom stereocenters. The summed E-state index contributed by atoms with van der Waals surface area (Å²) in [7, 11) is 0. The molecule has 0 spiro atoms. The number of H-pyrrole nitrogens is 1. The molecule has 3 rings (SSSR count). The summed E-state index contributed by atoms with van der Waals surface area (Å²) in [4.78, 5) is 52.7. The molecular weight excluding hydrogens is 494 g/mol. The Balaban J connectivity index is 1.51. The van der Waals surface area contributed by atoms with Gasteiger partial charge in [0.05, 0.1) is 13.2 Å². The minimum Gasteiger partial charge on any atom is -0.463 e.